The lowest BCUT2D eigenvalue weighted by Gasteiger charge is -2.64. The number of aliphatic hydroxyl groups is 4. The highest BCUT2D eigenvalue weighted by molar-refractivity contribution is 5.85. The molecule has 8 heteroatoms. The van der Waals surface area contributed by atoms with Crippen LogP contribution in [0.25, 0.3) is 0 Å². The van der Waals surface area contributed by atoms with Crippen molar-refractivity contribution in [3.05, 3.63) is 11.6 Å². The van der Waals surface area contributed by atoms with Gasteiger partial charge in [-0.2, -0.15) is 0 Å². The van der Waals surface area contributed by atoms with Crippen molar-refractivity contribution in [2.45, 2.75) is 108 Å². The highest BCUT2D eigenvalue weighted by Crippen LogP contribution is 2.70. The molecule has 0 aromatic heterocycles. The number of hydrogen-bond donors (Lipinski definition) is 4. The van der Waals surface area contributed by atoms with Gasteiger partial charge in [-0.1, -0.05) is 13.8 Å². The molecule has 4 saturated carbocycles. The Labute approximate surface area is 213 Å². The number of carbonyl (C=O) groups is 1. The molecule has 0 aromatic rings. The maximum Gasteiger partial charge on any atom is 0.331 e. The van der Waals surface area contributed by atoms with Gasteiger partial charge >= 0.3 is 5.97 Å². The second-order valence-electron chi connectivity index (χ2n) is 13.0. The highest BCUT2D eigenvalue weighted by atomic mass is 16.7. The Hall–Kier alpha value is -1.03. The van der Waals surface area contributed by atoms with Crippen LogP contribution in [0.15, 0.2) is 11.6 Å². The summed E-state index contributed by atoms with van der Waals surface area (Å²) >= 11 is 0. The van der Waals surface area contributed by atoms with Crippen LogP contribution < -0.4 is 0 Å². The van der Waals surface area contributed by atoms with Crippen molar-refractivity contribution in [1.29, 1.82) is 0 Å². The Balaban J connectivity index is 1.19. The van der Waals surface area contributed by atoms with Gasteiger partial charge in [-0.15, -0.1) is 0 Å². The van der Waals surface area contributed by atoms with Crippen molar-refractivity contribution in [2.75, 3.05) is 13.2 Å². The van der Waals surface area contributed by atoms with Gasteiger partial charge in [0.05, 0.1) is 30.5 Å². The van der Waals surface area contributed by atoms with Gasteiger partial charge in [0.2, 0.25) is 0 Å². The van der Waals surface area contributed by atoms with Crippen LogP contribution in [0.4, 0.5) is 0 Å². The number of cyclic esters (lactones) is 1. The van der Waals surface area contributed by atoms with E-state index in [1.165, 1.54) is 0 Å². The average Bonchev–Trinajstić information content (AvgIpc) is 3.37. The first-order chi connectivity index (χ1) is 17.1. The van der Waals surface area contributed by atoms with Crippen LogP contribution in [0.1, 0.15) is 71.6 Å². The monoisotopic (exact) mass is 506 g/mol. The Morgan fingerprint density at radius 2 is 1.78 bits per heavy atom. The molecule has 0 spiro atoms. The van der Waals surface area contributed by atoms with Crippen molar-refractivity contribution in [3.63, 3.8) is 0 Å². The Morgan fingerprint density at radius 3 is 2.50 bits per heavy atom. The zero-order valence-corrected chi connectivity index (χ0v) is 21.5. The summed E-state index contributed by atoms with van der Waals surface area (Å²) in [6.07, 6.45) is 5.57. The summed E-state index contributed by atoms with van der Waals surface area (Å²) < 4.78 is 17.0. The Morgan fingerprint density at radius 1 is 0.972 bits per heavy atom. The van der Waals surface area contributed by atoms with E-state index in [2.05, 4.69) is 13.8 Å². The minimum absolute atomic E-state index is 0.0571. The predicted molar refractivity (Wildman–Crippen MR) is 128 cm³/mol. The first-order valence-corrected chi connectivity index (χ1v) is 14.0. The summed E-state index contributed by atoms with van der Waals surface area (Å²) in [5, 5.41) is 43.6. The van der Waals surface area contributed by atoms with E-state index in [1.54, 1.807) is 6.08 Å². The predicted octanol–water partition coefficient (Wildman–Crippen LogP) is 2.07. The van der Waals surface area contributed by atoms with Gasteiger partial charge < -0.3 is 34.6 Å². The molecule has 1 saturated heterocycles. The fraction of sp³-hybridized carbons (Fsp3) is 0.893. The van der Waals surface area contributed by atoms with Crippen molar-refractivity contribution in [3.8, 4) is 0 Å². The third-order valence-corrected chi connectivity index (χ3v) is 11.7. The number of rotatable bonds is 3. The van der Waals surface area contributed by atoms with Crippen molar-refractivity contribution in [2.24, 2.45) is 34.5 Å². The molecule has 12 atom stereocenters. The molecule has 0 radical (unpaired) electrons. The first-order valence-electron chi connectivity index (χ1n) is 14.0. The SMILES string of the molecule is CC12C(O)CC(OC3CC(O)C(O)CO3)CC1CCC1C2CCC2(C)C(C3=CC(=O)OC3)CCC12O. The topological polar surface area (TPSA) is 126 Å². The number of aliphatic hydroxyl groups excluding tert-OH is 3. The van der Waals surface area contributed by atoms with Crippen LogP contribution in [0.5, 0.6) is 0 Å². The first kappa shape index (κ1) is 25.3. The summed E-state index contributed by atoms with van der Waals surface area (Å²) in [5.74, 6) is 0.560. The quantitative estimate of drug-likeness (QED) is 0.339. The fourth-order valence-corrected chi connectivity index (χ4v) is 9.59. The molecule has 5 fully saturated rings. The van der Waals surface area contributed by atoms with Gasteiger partial charge in [0.25, 0.3) is 0 Å². The van der Waals surface area contributed by atoms with Gasteiger partial charge in [0.1, 0.15) is 12.7 Å². The van der Waals surface area contributed by atoms with Crippen molar-refractivity contribution >= 4 is 5.97 Å². The summed E-state index contributed by atoms with van der Waals surface area (Å²) in [7, 11) is 0. The molecule has 12 unspecified atom stereocenters. The zero-order chi connectivity index (χ0) is 25.5. The van der Waals surface area contributed by atoms with Crippen LogP contribution in [-0.4, -0.2) is 75.9 Å². The molecular formula is C28H42O8. The number of ether oxygens (including phenoxy) is 3. The van der Waals surface area contributed by atoms with E-state index in [-0.39, 0.29) is 53.7 Å². The molecule has 8 nitrogen and oxygen atoms in total. The van der Waals surface area contributed by atoms with E-state index >= 15 is 0 Å². The summed E-state index contributed by atoms with van der Waals surface area (Å²) in [4.78, 5) is 11.8. The van der Waals surface area contributed by atoms with E-state index in [0.29, 0.717) is 18.9 Å². The van der Waals surface area contributed by atoms with Crippen LogP contribution in [-0.2, 0) is 19.0 Å². The molecule has 4 N–H and O–H groups in total. The summed E-state index contributed by atoms with van der Waals surface area (Å²) in [5.41, 5.74) is -0.336. The Kier molecular flexibility index (Phi) is 6.14. The third kappa shape index (κ3) is 3.58. The van der Waals surface area contributed by atoms with Gasteiger partial charge in [-0.3, -0.25) is 0 Å². The van der Waals surface area contributed by atoms with Gasteiger partial charge in [-0.25, -0.2) is 4.79 Å². The Bertz CT molecular complexity index is 921. The summed E-state index contributed by atoms with van der Waals surface area (Å²) in [6, 6.07) is 0. The zero-order valence-electron chi connectivity index (χ0n) is 21.5. The number of carbonyl (C=O) groups excluding carboxylic acids is 1. The van der Waals surface area contributed by atoms with E-state index in [4.69, 9.17) is 14.2 Å². The molecule has 36 heavy (non-hydrogen) atoms. The smallest absolute Gasteiger partial charge is 0.331 e. The molecule has 0 bridgehead atoms. The van der Waals surface area contributed by atoms with Crippen LogP contribution in [0.3, 0.4) is 0 Å². The van der Waals surface area contributed by atoms with E-state index in [0.717, 1.165) is 50.5 Å². The van der Waals surface area contributed by atoms with Crippen molar-refractivity contribution in [1.82, 2.24) is 0 Å². The molecule has 2 heterocycles. The van der Waals surface area contributed by atoms with Gasteiger partial charge in [0, 0.05) is 24.3 Å². The highest BCUT2D eigenvalue weighted by Gasteiger charge is 2.69. The van der Waals surface area contributed by atoms with E-state index in [9.17, 15) is 25.2 Å². The maximum atomic E-state index is 12.3. The molecule has 2 aliphatic heterocycles. The van der Waals surface area contributed by atoms with Crippen LogP contribution in [0.2, 0.25) is 0 Å². The number of hydrogen-bond acceptors (Lipinski definition) is 8. The lowest BCUT2D eigenvalue weighted by molar-refractivity contribution is -0.265. The molecule has 202 valence electrons. The summed E-state index contributed by atoms with van der Waals surface area (Å²) in [6.45, 7) is 4.86. The maximum absolute atomic E-state index is 12.3. The van der Waals surface area contributed by atoms with E-state index < -0.39 is 30.2 Å². The second-order valence-corrected chi connectivity index (χ2v) is 13.0. The molecular weight excluding hydrogens is 464 g/mol. The standard InChI is InChI=1S/C28H42O8/c1-26-7-5-19-20(28(26,33)8-6-18(26)15-9-24(32)34-13-15)4-3-16-10-17(11-23(31)27(16,19)2)36-25-12-21(29)22(30)14-35-25/h9,16-23,25,29-31,33H,3-8,10-14H2,1-2H3. The largest absolute Gasteiger partial charge is 0.458 e. The number of esters is 1. The molecule has 6 aliphatic rings. The molecule has 6 rings (SSSR count). The normalized spacial score (nSPS) is 54.8. The second kappa shape index (κ2) is 8.75. The molecule has 0 amide bonds. The number of fused-ring (bicyclic) bond motifs is 5. The average molecular weight is 507 g/mol. The fourth-order valence-electron chi connectivity index (χ4n) is 9.59. The molecule has 4 aliphatic carbocycles. The van der Waals surface area contributed by atoms with Crippen LogP contribution in [0, 0.1) is 34.5 Å². The lowest BCUT2D eigenvalue weighted by atomic mass is 9.42. The minimum Gasteiger partial charge on any atom is -0.458 e. The van der Waals surface area contributed by atoms with Crippen LogP contribution >= 0.6 is 0 Å². The van der Waals surface area contributed by atoms with E-state index in [1.807, 2.05) is 0 Å². The minimum atomic E-state index is -0.878. The van der Waals surface area contributed by atoms with Gasteiger partial charge in [0.15, 0.2) is 6.29 Å². The van der Waals surface area contributed by atoms with Gasteiger partial charge in [-0.05, 0) is 79.6 Å². The lowest BCUT2D eigenvalue weighted by Crippen LogP contribution is -2.65. The third-order valence-electron chi connectivity index (χ3n) is 11.7. The molecule has 0 aromatic carbocycles. The van der Waals surface area contributed by atoms with Crippen molar-refractivity contribution < 1.29 is 39.4 Å².